The molecule has 0 fully saturated rings. The highest BCUT2D eigenvalue weighted by Gasteiger charge is 2.27. The van der Waals surface area contributed by atoms with Gasteiger partial charge < -0.3 is 10.1 Å². The maximum atomic E-state index is 11.8. The molecule has 1 aromatic rings. The summed E-state index contributed by atoms with van der Waals surface area (Å²) in [5, 5.41) is 3.73. The lowest BCUT2D eigenvalue weighted by atomic mass is 10.2. The fourth-order valence-corrected chi connectivity index (χ4v) is 1.48. The van der Waals surface area contributed by atoms with Crippen molar-refractivity contribution in [3.63, 3.8) is 0 Å². The number of alkyl halides is 3. The second kappa shape index (κ2) is 6.85. The van der Waals surface area contributed by atoms with Crippen LogP contribution in [0.1, 0.15) is 12.0 Å². The lowest BCUT2D eigenvalue weighted by Gasteiger charge is -2.09. The molecule has 0 heterocycles. The predicted octanol–water partition coefficient (Wildman–Crippen LogP) is 4.03. The lowest BCUT2D eigenvalue weighted by molar-refractivity contribution is -0.173. The maximum absolute atomic E-state index is 11.8. The third-order valence-corrected chi connectivity index (χ3v) is 2.64. The first-order chi connectivity index (χ1) is 8.38. The molecular weight excluding hydrogens is 267 g/mol. The van der Waals surface area contributed by atoms with Gasteiger partial charge in [-0.3, -0.25) is 0 Å². The number of anilines is 1. The first kappa shape index (κ1) is 15.1. The van der Waals surface area contributed by atoms with E-state index in [1.165, 1.54) is 0 Å². The van der Waals surface area contributed by atoms with Gasteiger partial charge >= 0.3 is 6.18 Å². The van der Waals surface area contributed by atoms with E-state index in [9.17, 15) is 13.2 Å². The standard InChI is InChI=1S/C12H15ClF3NO/c1-9-3-4-10(7-11(9)13)17-5-2-6-18-8-12(14,15)16/h3-4,7,17H,2,5-6,8H2,1H3. The molecule has 0 amide bonds. The van der Waals surface area contributed by atoms with E-state index in [1.54, 1.807) is 6.07 Å². The SMILES string of the molecule is Cc1ccc(NCCCOCC(F)(F)F)cc1Cl. The fraction of sp³-hybridized carbons (Fsp3) is 0.500. The van der Waals surface area contributed by atoms with Crippen molar-refractivity contribution in [2.45, 2.75) is 19.5 Å². The van der Waals surface area contributed by atoms with Crippen molar-refractivity contribution in [2.75, 3.05) is 25.1 Å². The Morgan fingerprint density at radius 3 is 2.67 bits per heavy atom. The van der Waals surface area contributed by atoms with Crippen LogP contribution in [0.25, 0.3) is 0 Å². The molecule has 0 aliphatic carbocycles. The smallest absolute Gasteiger partial charge is 0.385 e. The molecule has 1 rings (SSSR count). The van der Waals surface area contributed by atoms with Gasteiger partial charge in [-0.15, -0.1) is 0 Å². The molecule has 0 aliphatic heterocycles. The molecule has 0 bridgehead atoms. The van der Waals surface area contributed by atoms with Crippen molar-refractivity contribution < 1.29 is 17.9 Å². The monoisotopic (exact) mass is 281 g/mol. The van der Waals surface area contributed by atoms with Gasteiger partial charge in [0.2, 0.25) is 0 Å². The van der Waals surface area contributed by atoms with Crippen molar-refractivity contribution in [1.29, 1.82) is 0 Å². The van der Waals surface area contributed by atoms with Gasteiger partial charge in [-0.05, 0) is 31.0 Å². The fourth-order valence-electron chi connectivity index (χ4n) is 1.30. The summed E-state index contributed by atoms with van der Waals surface area (Å²) in [5.41, 5.74) is 1.83. The quantitative estimate of drug-likeness (QED) is 0.795. The Morgan fingerprint density at radius 1 is 1.33 bits per heavy atom. The molecule has 0 atom stereocenters. The second-order valence-corrected chi connectivity index (χ2v) is 4.32. The molecule has 0 aromatic heterocycles. The number of benzene rings is 1. The van der Waals surface area contributed by atoms with Crippen LogP contribution in [-0.2, 0) is 4.74 Å². The number of hydrogen-bond donors (Lipinski definition) is 1. The molecule has 0 aliphatic rings. The molecule has 0 spiro atoms. The summed E-state index contributed by atoms with van der Waals surface area (Å²) >= 11 is 5.94. The molecule has 102 valence electrons. The van der Waals surface area contributed by atoms with E-state index in [-0.39, 0.29) is 6.61 Å². The average Bonchev–Trinajstić information content (AvgIpc) is 2.26. The maximum Gasteiger partial charge on any atom is 0.411 e. The molecule has 0 saturated carbocycles. The average molecular weight is 282 g/mol. The van der Waals surface area contributed by atoms with Gasteiger partial charge in [-0.2, -0.15) is 13.2 Å². The van der Waals surface area contributed by atoms with Crippen molar-refractivity contribution in [3.05, 3.63) is 28.8 Å². The first-order valence-electron chi connectivity index (χ1n) is 5.53. The highest BCUT2D eigenvalue weighted by Crippen LogP contribution is 2.19. The van der Waals surface area contributed by atoms with Crippen LogP contribution in [0.3, 0.4) is 0 Å². The van der Waals surface area contributed by atoms with E-state index >= 15 is 0 Å². The molecular formula is C12H15ClF3NO. The molecule has 1 N–H and O–H groups in total. The highest BCUT2D eigenvalue weighted by molar-refractivity contribution is 6.31. The Bertz CT molecular complexity index is 382. The van der Waals surface area contributed by atoms with Gasteiger partial charge in [0.25, 0.3) is 0 Å². The zero-order valence-electron chi connectivity index (χ0n) is 9.98. The molecule has 1 aromatic carbocycles. The van der Waals surface area contributed by atoms with Crippen LogP contribution in [0.5, 0.6) is 0 Å². The van der Waals surface area contributed by atoms with E-state index in [1.807, 2.05) is 19.1 Å². The topological polar surface area (TPSA) is 21.3 Å². The molecule has 0 saturated heterocycles. The van der Waals surface area contributed by atoms with Crippen LogP contribution in [0.2, 0.25) is 5.02 Å². The van der Waals surface area contributed by atoms with Gasteiger partial charge in [-0.1, -0.05) is 17.7 Å². The van der Waals surface area contributed by atoms with Crippen LogP contribution in [0.4, 0.5) is 18.9 Å². The Balaban J connectivity index is 2.16. The van der Waals surface area contributed by atoms with Crippen LogP contribution >= 0.6 is 11.6 Å². The Labute approximate surface area is 109 Å². The summed E-state index contributed by atoms with van der Waals surface area (Å²) in [6.07, 6.45) is -3.75. The number of ether oxygens (including phenoxy) is 1. The number of nitrogens with one attached hydrogen (secondary N) is 1. The number of hydrogen-bond acceptors (Lipinski definition) is 2. The van der Waals surface area contributed by atoms with Gasteiger partial charge in [0, 0.05) is 23.9 Å². The summed E-state index contributed by atoms with van der Waals surface area (Å²) in [4.78, 5) is 0. The minimum absolute atomic E-state index is 0.0755. The van der Waals surface area contributed by atoms with Gasteiger partial charge in [0.05, 0.1) is 0 Å². The van der Waals surface area contributed by atoms with Gasteiger partial charge in [-0.25, -0.2) is 0 Å². The molecule has 0 radical (unpaired) electrons. The van der Waals surface area contributed by atoms with Gasteiger partial charge in [0.15, 0.2) is 0 Å². The van der Waals surface area contributed by atoms with Crippen molar-refractivity contribution in [2.24, 2.45) is 0 Å². The zero-order chi connectivity index (χ0) is 13.6. The van der Waals surface area contributed by atoms with Crippen LogP contribution in [0.15, 0.2) is 18.2 Å². The summed E-state index contributed by atoms with van der Waals surface area (Å²) < 4.78 is 39.8. The summed E-state index contributed by atoms with van der Waals surface area (Å²) in [6.45, 7) is 1.32. The van der Waals surface area contributed by atoms with E-state index in [2.05, 4.69) is 10.1 Å². The highest BCUT2D eigenvalue weighted by atomic mass is 35.5. The van der Waals surface area contributed by atoms with Crippen LogP contribution in [-0.4, -0.2) is 25.9 Å². The van der Waals surface area contributed by atoms with Crippen molar-refractivity contribution >= 4 is 17.3 Å². The lowest BCUT2D eigenvalue weighted by Crippen LogP contribution is -2.18. The first-order valence-corrected chi connectivity index (χ1v) is 5.91. The normalized spacial score (nSPS) is 11.6. The largest absolute Gasteiger partial charge is 0.411 e. The number of rotatable bonds is 6. The molecule has 6 heteroatoms. The Morgan fingerprint density at radius 2 is 2.06 bits per heavy atom. The Hall–Kier alpha value is -0.940. The summed E-state index contributed by atoms with van der Waals surface area (Å²) in [5.74, 6) is 0. The summed E-state index contributed by atoms with van der Waals surface area (Å²) in [7, 11) is 0. The third-order valence-electron chi connectivity index (χ3n) is 2.23. The van der Waals surface area contributed by atoms with E-state index in [0.29, 0.717) is 18.0 Å². The predicted molar refractivity (Wildman–Crippen MR) is 66.2 cm³/mol. The zero-order valence-corrected chi connectivity index (χ0v) is 10.7. The van der Waals surface area contributed by atoms with E-state index in [4.69, 9.17) is 11.6 Å². The molecule has 2 nitrogen and oxygen atoms in total. The van der Waals surface area contributed by atoms with Gasteiger partial charge in [0.1, 0.15) is 6.61 Å². The van der Waals surface area contributed by atoms with Crippen LogP contribution in [0, 0.1) is 6.92 Å². The minimum atomic E-state index is -4.25. The minimum Gasteiger partial charge on any atom is -0.385 e. The summed E-state index contributed by atoms with van der Waals surface area (Å²) in [6, 6.07) is 5.54. The van der Waals surface area contributed by atoms with Crippen molar-refractivity contribution in [1.82, 2.24) is 0 Å². The third kappa shape index (κ3) is 6.12. The number of aryl methyl sites for hydroxylation is 1. The molecule has 18 heavy (non-hydrogen) atoms. The number of halogens is 4. The van der Waals surface area contributed by atoms with E-state index in [0.717, 1.165) is 11.3 Å². The van der Waals surface area contributed by atoms with Crippen LogP contribution < -0.4 is 5.32 Å². The van der Waals surface area contributed by atoms with Crippen molar-refractivity contribution in [3.8, 4) is 0 Å². The Kier molecular flexibility index (Phi) is 5.75. The van der Waals surface area contributed by atoms with E-state index < -0.39 is 12.8 Å². The molecule has 0 unspecified atom stereocenters. The second-order valence-electron chi connectivity index (χ2n) is 3.91.